The van der Waals surface area contributed by atoms with Crippen LogP contribution in [0.2, 0.25) is 0 Å². The van der Waals surface area contributed by atoms with E-state index in [4.69, 9.17) is 0 Å². The number of hydrogen-bond donors (Lipinski definition) is 2. The van der Waals surface area contributed by atoms with Crippen molar-refractivity contribution in [3.63, 3.8) is 0 Å². The Kier molecular flexibility index (Phi) is 11.6. The first-order valence-electron chi connectivity index (χ1n) is 7.85. The molecule has 0 aliphatic heterocycles. The Morgan fingerprint density at radius 2 is 1.60 bits per heavy atom. The highest BCUT2D eigenvalue weighted by Gasteiger charge is 2.03. The molecule has 0 spiro atoms. The lowest BCUT2D eigenvalue weighted by Gasteiger charge is -2.11. The minimum atomic E-state index is -0.983. The zero-order chi connectivity index (χ0) is 17.0. The molecule has 0 bridgehead atoms. The van der Waals surface area contributed by atoms with Crippen LogP contribution in [-0.4, -0.2) is 41.8 Å². The largest absolute Gasteiger partial charge is 0.356 e. The topological polar surface area (TPSA) is 53.5 Å². The summed E-state index contributed by atoms with van der Waals surface area (Å²) in [4.78, 5) is 6.32. The Bertz CT molecular complexity index is 654. The van der Waals surface area contributed by atoms with E-state index in [-0.39, 0.29) is 24.0 Å². The Morgan fingerprint density at radius 1 is 1.00 bits per heavy atom. The molecule has 0 heterocycles. The Balaban J connectivity index is 0.00000312. The maximum absolute atomic E-state index is 12.1. The van der Waals surface area contributed by atoms with Crippen molar-refractivity contribution in [1.82, 2.24) is 10.6 Å². The Morgan fingerprint density at radius 3 is 2.24 bits per heavy atom. The molecule has 0 aliphatic rings. The third-order valence-electron chi connectivity index (χ3n) is 3.22. The summed E-state index contributed by atoms with van der Waals surface area (Å²) in [5.74, 6) is 2.26. The highest BCUT2D eigenvalue weighted by Crippen LogP contribution is 2.15. The second-order valence-electron chi connectivity index (χ2n) is 4.95. The maximum atomic E-state index is 12.1. The number of nitrogens with zero attached hydrogens (tertiary/aromatic N) is 1. The number of guanidine groups is 1. The van der Waals surface area contributed by atoms with Crippen molar-refractivity contribution in [3.8, 4) is 0 Å². The van der Waals surface area contributed by atoms with Crippen molar-refractivity contribution in [2.45, 2.75) is 9.79 Å². The van der Waals surface area contributed by atoms with Gasteiger partial charge >= 0.3 is 0 Å². The van der Waals surface area contributed by atoms with Gasteiger partial charge < -0.3 is 10.6 Å². The van der Waals surface area contributed by atoms with Crippen LogP contribution < -0.4 is 10.6 Å². The molecule has 2 rings (SSSR count). The number of halogens is 1. The minimum Gasteiger partial charge on any atom is -0.356 e. The maximum Gasteiger partial charge on any atom is 0.191 e. The lowest BCUT2D eigenvalue weighted by Crippen LogP contribution is -2.40. The molecule has 1 unspecified atom stereocenters. The van der Waals surface area contributed by atoms with Gasteiger partial charge in [-0.2, -0.15) is 0 Å². The van der Waals surface area contributed by atoms with E-state index in [0.717, 1.165) is 23.2 Å². The molecule has 1 atom stereocenters. The molecule has 2 aromatic carbocycles. The van der Waals surface area contributed by atoms with E-state index in [1.165, 1.54) is 4.90 Å². The lowest BCUT2D eigenvalue weighted by molar-refractivity contribution is 0.681. The van der Waals surface area contributed by atoms with Crippen LogP contribution in [-0.2, 0) is 10.8 Å². The highest BCUT2D eigenvalue weighted by atomic mass is 127. The molecule has 0 aliphatic carbocycles. The molecule has 2 N–H and O–H groups in total. The second-order valence-corrected chi connectivity index (χ2v) is 7.69. The van der Waals surface area contributed by atoms with E-state index in [9.17, 15) is 4.21 Å². The first-order chi connectivity index (χ1) is 11.8. The lowest BCUT2D eigenvalue weighted by atomic mass is 10.4. The van der Waals surface area contributed by atoms with Gasteiger partial charge in [-0.05, 0) is 24.3 Å². The summed E-state index contributed by atoms with van der Waals surface area (Å²) in [5, 5.41) is 6.48. The third-order valence-corrected chi connectivity index (χ3v) is 5.60. The van der Waals surface area contributed by atoms with Crippen LogP contribution in [0.3, 0.4) is 0 Å². The first-order valence-corrected chi connectivity index (χ1v) is 10.2. The van der Waals surface area contributed by atoms with Crippen molar-refractivity contribution in [3.05, 3.63) is 60.7 Å². The van der Waals surface area contributed by atoms with E-state index in [2.05, 4.69) is 27.8 Å². The van der Waals surface area contributed by atoms with Gasteiger partial charge in [-0.25, -0.2) is 0 Å². The predicted octanol–water partition coefficient (Wildman–Crippen LogP) is 3.37. The van der Waals surface area contributed by atoms with Gasteiger partial charge in [0.1, 0.15) is 0 Å². The van der Waals surface area contributed by atoms with E-state index in [1.807, 2.05) is 48.5 Å². The fourth-order valence-corrected chi connectivity index (χ4v) is 3.80. The average molecular weight is 489 g/mol. The number of rotatable bonds is 8. The number of nitrogens with one attached hydrogen (secondary N) is 2. The summed E-state index contributed by atoms with van der Waals surface area (Å²) < 4.78 is 12.1. The smallest absolute Gasteiger partial charge is 0.191 e. The molecule has 0 saturated heterocycles. The Hall–Kier alpha value is -1.06. The summed E-state index contributed by atoms with van der Waals surface area (Å²) in [7, 11) is 0.760. The van der Waals surface area contributed by atoms with Crippen molar-refractivity contribution >= 4 is 52.5 Å². The molecular formula is C18H24IN3OS2. The van der Waals surface area contributed by atoms with Crippen LogP contribution in [0.4, 0.5) is 0 Å². The van der Waals surface area contributed by atoms with Gasteiger partial charge in [0.05, 0.1) is 10.8 Å². The number of thioether (sulfide) groups is 1. The molecule has 2 aromatic rings. The van der Waals surface area contributed by atoms with Gasteiger partial charge in [-0.3, -0.25) is 9.20 Å². The minimum absolute atomic E-state index is 0. The van der Waals surface area contributed by atoms with Gasteiger partial charge in [0, 0.05) is 41.4 Å². The number of hydrogen-bond acceptors (Lipinski definition) is 3. The van der Waals surface area contributed by atoms with E-state index in [0.29, 0.717) is 12.3 Å². The normalized spacial score (nSPS) is 12.1. The molecule has 136 valence electrons. The van der Waals surface area contributed by atoms with Crippen LogP contribution in [0.15, 0.2) is 75.4 Å². The fraction of sp³-hybridized carbons (Fsp3) is 0.278. The van der Waals surface area contributed by atoms with Crippen molar-refractivity contribution in [2.24, 2.45) is 4.99 Å². The highest BCUT2D eigenvalue weighted by molar-refractivity contribution is 14.0. The zero-order valence-electron chi connectivity index (χ0n) is 14.2. The van der Waals surface area contributed by atoms with E-state index < -0.39 is 10.8 Å². The molecule has 0 fully saturated rings. The van der Waals surface area contributed by atoms with Gasteiger partial charge in [0.15, 0.2) is 5.96 Å². The fourth-order valence-electron chi connectivity index (χ4n) is 2.03. The monoisotopic (exact) mass is 489 g/mol. The van der Waals surface area contributed by atoms with Crippen LogP contribution in [0, 0.1) is 0 Å². The zero-order valence-corrected chi connectivity index (χ0v) is 18.1. The summed E-state index contributed by atoms with van der Waals surface area (Å²) in [6.45, 7) is 1.44. The number of aliphatic imine (C=N–C) groups is 1. The summed E-state index contributed by atoms with van der Waals surface area (Å²) in [6, 6.07) is 19.9. The van der Waals surface area contributed by atoms with Gasteiger partial charge in [0.2, 0.25) is 0 Å². The molecule has 0 aromatic heterocycles. The molecule has 25 heavy (non-hydrogen) atoms. The summed E-state index contributed by atoms with van der Waals surface area (Å²) >= 11 is 1.81. The molecular weight excluding hydrogens is 465 g/mol. The third kappa shape index (κ3) is 8.73. The van der Waals surface area contributed by atoms with Crippen LogP contribution in [0.25, 0.3) is 0 Å². The molecule has 0 amide bonds. The van der Waals surface area contributed by atoms with E-state index >= 15 is 0 Å². The van der Waals surface area contributed by atoms with Crippen LogP contribution in [0.1, 0.15) is 0 Å². The summed E-state index contributed by atoms with van der Waals surface area (Å²) in [5.41, 5.74) is 0. The SMILES string of the molecule is CN=C(NCCSc1ccccc1)NCCS(=O)c1ccccc1.I. The average Bonchev–Trinajstić information content (AvgIpc) is 2.65. The molecule has 7 heteroatoms. The van der Waals surface area contributed by atoms with Gasteiger partial charge in [-0.1, -0.05) is 36.4 Å². The van der Waals surface area contributed by atoms with E-state index in [1.54, 1.807) is 18.8 Å². The van der Waals surface area contributed by atoms with Crippen molar-refractivity contribution in [1.29, 1.82) is 0 Å². The van der Waals surface area contributed by atoms with Gasteiger partial charge in [-0.15, -0.1) is 35.7 Å². The second kappa shape index (κ2) is 13.2. The molecule has 0 radical (unpaired) electrons. The molecule has 0 saturated carbocycles. The van der Waals surface area contributed by atoms with Crippen molar-refractivity contribution < 1.29 is 4.21 Å². The first kappa shape index (κ1) is 22.0. The summed E-state index contributed by atoms with van der Waals surface area (Å²) in [6.07, 6.45) is 0. The standard InChI is InChI=1S/C18H23N3OS2.HI/c1-19-18(20-12-14-23-16-8-4-2-5-9-16)21-13-15-24(22)17-10-6-3-7-11-17;/h2-11H,12-15H2,1H3,(H2,19,20,21);1H. The Labute approximate surface area is 173 Å². The van der Waals surface area contributed by atoms with Crippen LogP contribution >= 0.6 is 35.7 Å². The quantitative estimate of drug-likeness (QED) is 0.196. The van der Waals surface area contributed by atoms with Gasteiger partial charge in [0.25, 0.3) is 0 Å². The number of benzene rings is 2. The van der Waals surface area contributed by atoms with Crippen molar-refractivity contribution in [2.75, 3.05) is 31.6 Å². The predicted molar refractivity (Wildman–Crippen MR) is 120 cm³/mol. The van der Waals surface area contributed by atoms with Crippen LogP contribution in [0.5, 0.6) is 0 Å². The molecule has 4 nitrogen and oxygen atoms in total.